The fourth-order valence-electron chi connectivity index (χ4n) is 3.96. The Balaban J connectivity index is 1.96. The quantitative estimate of drug-likeness (QED) is 0.473. The summed E-state index contributed by atoms with van der Waals surface area (Å²) in [5.74, 6) is 0.498. The number of hydrogen-bond acceptors (Lipinski definition) is 8. The molecule has 0 fully saturated rings. The van der Waals surface area contributed by atoms with Gasteiger partial charge in [0, 0.05) is 11.1 Å². The SMILES string of the molecule is CCOC(=O)C1=C(C)N=c2s/c(=C\c3ccccc3OCC#N)c(=O)n2[C@@H]1c1ccccc1OC. The largest absolute Gasteiger partial charge is 0.496 e. The van der Waals surface area contributed by atoms with Gasteiger partial charge in [0.05, 0.1) is 29.5 Å². The highest BCUT2D eigenvalue weighted by molar-refractivity contribution is 7.07. The number of carbonyl (C=O) groups is 1. The minimum atomic E-state index is -0.770. The molecule has 1 aromatic heterocycles. The van der Waals surface area contributed by atoms with E-state index < -0.39 is 12.0 Å². The molecule has 9 heteroatoms. The molecule has 35 heavy (non-hydrogen) atoms. The fraction of sp³-hybridized carbons (Fsp3) is 0.231. The molecule has 0 saturated heterocycles. The lowest BCUT2D eigenvalue weighted by atomic mass is 9.95. The lowest BCUT2D eigenvalue weighted by Crippen LogP contribution is -2.40. The van der Waals surface area contributed by atoms with Crippen molar-refractivity contribution in [3.05, 3.63) is 90.6 Å². The number of hydrogen-bond donors (Lipinski definition) is 0. The molecule has 8 nitrogen and oxygen atoms in total. The number of carbonyl (C=O) groups excluding carboxylic acids is 1. The molecule has 178 valence electrons. The van der Waals surface area contributed by atoms with Crippen molar-refractivity contribution in [3.63, 3.8) is 0 Å². The number of esters is 1. The van der Waals surface area contributed by atoms with E-state index in [9.17, 15) is 9.59 Å². The van der Waals surface area contributed by atoms with Crippen LogP contribution >= 0.6 is 11.3 Å². The average molecular weight is 490 g/mol. The van der Waals surface area contributed by atoms with Crippen molar-refractivity contribution in [2.75, 3.05) is 20.3 Å². The van der Waals surface area contributed by atoms with Gasteiger partial charge in [-0.15, -0.1) is 0 Å². The molecule has 0 saturated carbocycles. The molecule has 2 aromatic carbocycles. The second-order valence-corrected chi connectivity index (χ2v) is 8.54. The Morgan fingerprint density at radius 2 is 1.91 bits per heavy atom. The summed E-state index contributed by atoms with van der Waals surface area (Å²) in [5, 5.41) is 8.87. The van der Waals surface area contributed by atoms with E-state index >= 15 is 0 Å². The standard InChI is InChI=1S/C26H23N3O5S/c1-4-33-25(31)22-16(2)28-26-29(23(22)18-10-6-8-12-20(18)32-3)24(30)21(35-26)15-17-9-5-7-11-19(17)34-14-13-27/h5-12,15,23H,4,14H2,1-3H3/b21-15-/t23-/m1/s1. The van der Waals surface area contributed by atoms with E-state index in [0.717, 1.165) is 0 Å². The zero-order valence-corrected chi connectivity index (χ0v) is 20.3. The summed E-state index contributed by atoms with van der Waals surface area (Å²) in [6.07, 6.45) is 1.71. The molecule has 0 bridgehead atoms. The van der Waals surface area contributed by atoms with Crippen molar-refractivity contribution < 1.29 is 19.0 Å². The third-order valence-corrected chi connectivity index (χ3v) is 6.43. The molecule has 0 unspecified atom stereocenters. The molecule has 0 radical (unpaired) electrons. The van der Waals surface area contributed by atoms with Crippen LogP contribution < -0.4 is 24.4 Å². The van der Waals surface area contributed by atoms with E-state index in [1.165, 1.54) is 15.9 Å². The molecule has 0 N–H and O–H groups in total. The topological polar surface area (TPSA) is 103 Å². The van der Waals surface area contributed by atoms with Crippen molar-refractivity contribution >= 4 is 23.4 Å². The van der Waals surface area contributed by atoms with Crippen molar-refractivity contribution in [2.45, 2.75) is 19.9 Å². The van der Waals surface area contributed by atoms with Gasteiger partial charge in [-0.2, -0.15) is 5.26 Å². The number of thiazole rings is 1. The third kappa shape index (κ3) is 4.61. The monoisotopic (exact) mass is 489 g/mol. The van der Waals surface area contributed by atoms with Gasteiger partial charge in [0.1, 0.15) is 23.6 Å². The fourth-order valence-corrected chi connectivity index (χ4v) is 5.00. The summed E-state index contributed by atoms with van der Waals surface area (Å²) in [5.41, 5.74) is 1.76. The number of benzene rings is 2. The Bertz CT molecular complexity index is 1530. The smallest absolute Gasteiger partial charge is 0.338 e. The molecule has 2 heterocycles. The molecule has 1 aliphatic heterocycles. The molecular weight excluding hydrogens is 466 g/mol. The van der Waals surface area contributed by atoms with E-state index in [0.29, 0.717) is 37.7 Å². The summed E-state index contributed by atoms with van der Waals surface area (Å²) in [7, 11) is 1.54. The van der Waals surface area contributed by atoms with Gasteiger partial charge in [-0.05, 0) is 32.1 Å². The van der Waals surface area contributed by atoms with Gasteiger partial charge in [0.25, 0.3) is 5.56 Å². The minimum Gasteiger partial charge on any atom is -0.496 e. The Hall–Kier alpha value is -4.16. The predicted octanol–water partition coefficient (Wildman–Crippen LogP) is 2.71. The van der Waals surface area contributed by atoms with Crippen LogP contribution in [-0.4, -0.2) is 30.9 Å². The molecule has 0 aliphatic carbocycles. The number of para-hydroxylation sites is 2. The van der Waals surface area contributed by atoms with Crippen LogP contribution in [0.4, 0.5) is 0 Å². The average Bonchev–Trinajstić information content (AvgIpc) is 3.17. The molecule has 0 amide bonds. The second kappa shape index (κ2) is 10.4. The molecule has 1 atom stereocenters. The first-order chi connectivity index (χ1) is 17.0. The highest BCUT2D eigenvalue weighted by atomic mass is 32.1. The van der Waals surface area contributed by atoms with Crippen molar-refractivity contribution in [3.8, 4) is 17.6 Å². The van der Waals surface area contributed by atoms with Gasteiger partial charge >= 0.3 is 5.97 Å². The Kier molecular flexibility index (Phi) is 7.13. The van der Waals surface area contributed by atoms with Gasteiger partial charge in [-0.25, -0.2) is 9.79 Å². The Morgan fingerprint density at radius 1 is 1.20 bits per heavy atom. The summed E-state index contributed by atoms with van der Waals surface area (Å²) < 4.78 is 18.3. The van der Waals surface area contributed by atoms with E-state index in [1.807, 2.05) is 30.3 Å². The van der Waals surface area contributed by atoms with Crippen LogP contribution in [0.2, 0.25) is 0 Å². The van der Waals surface area contributed by atoms with E-state index in [2.05, 4.69) is 4.99 Å². The number of aromatic nitrogens is 1. The lowest BCUT2D eigenvalue weighted by Gasteiger charge is -2.25. The van der Waals surface area contributed by atoms with Crippen LogP contribution in [0.1, 0.15) is 31.0 Å². The molecule has 3 aromatic rings. The number of nitrogens with zero attached hydrogens (tertiary/aromatic N) is 3. The first-order valence-corrected chi connectivity index (χ1v) is 11.7. The number of rotatable bonds is 7. The van der Waals surface area contributed by atoms with Crippen LogP contribution in [-0.2, 0) is 9.53 Å². The Morgan fingerprint density at radius 3 is 2.63 bits per heavy atom. The molecule has 4 rings (SSSR count). The molecular formula is C26H23N3O5S. The normalized spacial score (nSPS) is 15.1. The zero-order chi connectivity index (χ0) is 24.9. The Labute approximate surface area is 205 Å². The second-order valence-electron chi connectivity index (χ2n) is 7.53. The van der Waals surface area contributed by atoms with Crippen molar-refractivity contribution in [1.82, 2.24) is 4.57 Å². The predicted molar refractivity (Wildman–Crippen MR) is 131 cm³/mol. The summed E-state index contributed by atoms with van der Waals surface area (Å²) in [6.45, 7) is 3.55. The summed E-state index contributed by atoms with van der Waals surface area (Å²) in [6, 6.07) is 15.6. The van der Waals surface area contributed by atoms with Gasteiger partial charge in [-0.1, -0.05) is 47.7 Å². The number of allylic oxidation sites excluding steroid dienone is 1. The van der Waals surface area contributed by atoms with Crippen molar-refractivity contribution in [1.29, 1.82) is 5.26 Å². The van der Waals surface area contributed by atoms with Gasteiger partial charge in [0.2, 0.25) is 0 Å². The van der Waals surface area contributed by atoms with Gasteiger partial charge < -0.3 is 14.2 Å². The van der Waals surface area contributed by atoms with E-state index in [-0.39, 0.29) is 24.3 Å². The number of methoxy groups -OCH3 is 1. The minimum absolute atomic E-state index is 0.109. The lowest BCUT2D eigenvalue weighted by molar-refractivity contribution is -0.139. The van der Waals surface area contributed by atoms with Gasteiger partial charge in [0.15, 0.2) is 11.4 Å². The van der Waals surface area contributed by atoms with Crippen molar-refractivity contribution in [2.24, 2.45) is 4.99 Å². The molecule has 0 spiro atoms. The summed E-state index contributed by atoms with van der Waals surface area (Å²) in [4.78, 5) is 31.8. The van der Waals surface area contributed by atoms with E-state index in [1.54, 1.807) is 51.3 Å². The maximum Gasteiger partial charge on any atom is 0.338 e. The first-order valence-electron chi connectivity index (χ1n) is 10.9. The van der Waals surface area contributed by atoms with E-state index in [4.69, 9.17) is 19.5 Å². The molecule has 1 aliphatic rings. The highest BCUT2D eigenvalue weighted by Crippen LogP contribution is 2.35. The highest BCUT2D eigenvalue weighted by Gasteiger charge is 2.34. The van der Waals surface area contributed by atoms with Crippen LogP contribution in [0.25, 0.3) is 6.08 Å². The van der Waals surface area contributed by atoms with Crippen LogP contribution in [0.5, 0.6) is 11.5 Å². The van der Waals surface area contributed by atoms with Gasteiger partial charge in [-0.3, -0.25) is 9.36 Å². The third-order valence-electron chi connectivity index (χ3n) is 5.45. The van der Waals surface area contributed by atoms with Crippen LogP contribution in [0, 0.1) is 11.3 Å². The first kappa shape index (κ1) is 24.0. The summed E-state index contributed by atoms with van der Waals surface area (Å²) >= 11 is 1.21. The zero-order valence-electron chi connectivity index (χ0n) is 19.5. The van der Waals surface area contributed by atoms with Crippen LogP contribution in [0.15, 0.2) is 69.6 Å². The maximum atomic E-state index is 13.7. The number of nitriles is 1. The number of ether oxygens (including phenoxy) is 3. The maximum absolute atomic E-state index is 13.7. The number of fused-ring (bicyclic) bond motifs is 1. The van der Waals surface area contributed by atoms with Crippen LogP contribution in [0.3, 0.4) is 0 Å².